The summed E-state index contributed by atoms with van der Waals surface area (Å²) >= 11 is 3.55. The highest BCUT2D eigenvalue weighted by Gasteiger charge is 2.23. The molecule has 1 fully saturated rings. The highest BCUT2D eigenvalue weighted by molar-refractivity contribution is 9.10. The predicted molar refractivity (Wildman–Crippen MR) is 73.7 cm³/mol. The lowest BCUT2D eigenvalue weighted by atomic mass is 10.1. The van der Waals surface area contributed by atoms with E-state index in [0.29, 0.717) is 18.8 Å². The van der Waals surface area contributed by atoms with Crippen molar-refractivity contribution in [2.75, 3.05) is 6.61 Å². The largest absolute Gasteiger partial charge is 0.493 e. The van der Waals surface area contributed by atoms with Gasteiger partial charge in [0.2, 0.25) is 0 Å². The van der Waals surface area contributed by atoms with Crippen molar-refractivity contribution in [3.8, 4) is 5.75 Å². The maximum Gasteiger partial charge on any atom is 0.128 e. The lowest BCUT2D eigenvalue weighted by Crippen LogP contribution is -2.17. The number of halogens is 1. The van der Waals surface area contributed by atoms with Crippen molar-refractivity contribution in [1.82, 2.24) is 0 Å². The molecular formula is C14H18BrNO2. The molecule has 0 radical (unpaired) electrons. The molecular weight excluding hydrogens is 294 g/mol. The van der Waals surface area contributed by atoms with Crippen molar-refractivity contribution in [3.05, 3.63) is 27.7 Å². The zero-order valence-corrected chi connectivity index (χ0v) is 11.9. The van der Waals surface area contributed by atoms with Crippen LogP contribution in [-0.4, -0.2) is 18.8 Å². The molecule has 0 aromatic heterocycles. The quantitative estimate of drug-likeness (QED) is 0.933. The Labute approximate surface area is 116 Å². The summed E-state index contributed by atoms with van der Waals surface area (Å²) in [6, 6.07) is 4.55. The SMILES string of the molecule is NC1CCC(OCc2cc(Br)cc3c2OCC3)C1. The number of benzene rings is 1. The van der Waals surface area contributed by atoms with Gasteiger partial charge in [0, 0.05) is 22.5 Å². The van der Waals surface area contributed by atoms with Gasteiger partial charge in [-0.15, -0.1) is 0 Å². The minimum Gasteiger partial charge on any atom is -0.493 e. The van der Waals surface area contributed by atoms with Crippen LogP contribution >= 0.6 is 15.9 Å². The second-order valence-corrected chi connectivity index (χ2v) is 6.07. The fourth-order valence-corrected chi connectivity index (χ4v) is 3.34. The summed E-state index contributed by atoms with van der Waals surface area (Å²) in [6.07, 6.45) is 4.46. The Morgan fingerprint density at radius 2 is 2.28 bits per heavy atom. The molecule has 0 spiro atoms. The topological polar surface area (TPSA) is 44.5 Å². The summed E-state index contributed by atoms with van der Waals surface area (Å²) in [5.41, 5.74) is 8.33. The Morgan fingerprint density at radius 1 is 1.39 bits per heavy atom. The van der Waals surface area contributed by atoms with Crippen LogP contribution in [0.5, 0.6) is 5.75 Å². The summed E-state index contributed by atoms with van der Waals surface area (Å²) in [6.45, 7) is 1.41. The van der Waals surface area contributed by atoms with Crippen LogP contribution in [0.4, 0.5) is 0 Å². The summed E-state index contributed by atoms with van der Waals surface area (Å²) < 4.78 is 12.8. The van der Waals surface area contributed by atoms with E-state index in [1.165, 1.54) is 5.56 Å². The van der Waals surface area contributed by atoms with Crippen molar-refractivity contribution in [2.24, 2.45) is 5.73 Å². The molecule has 1 heterocycles. The molecule has 98 valence electrons. The maximum atomic E-state index is 5.96. The number of hydrogen-bond donors (Lipinski definition) is 1. The normalized spacial score (nSPS) is 26.1. The van der Waals surface area contributed by atoms with Crippen LogP contribution < -0.4 is 10.5 Å². The van der Waals surface area contributed by atoms with E-state index in [1.807, 2.05) is 0 Å². The Balaban J connectivity index is 1.69. The molecule has 2 aliphatic rings. The molecule has 0 saturated heterocycles. The zero-order chi connectivity index (χ0) is 12.5. The van der Waals surface area contributed by atoms with E-state index in [9.17, 15) is 0 Å². The van der Waals surface area contributed by atoms with E-state index in [4.69, 9.17) is 15.2 Å². The van der Waals surface area contributed by atoms with Gasteiger partial charge in [-0.1, -0.05) is 15.9 Å². The van der Waals surface area contributed by atoms with Crippen molar-refractivity contribution in [2.45, 2.75) is 44.4 Å². The van der Waals surface area contributed by atoms with E-state index in [2.05, 4.69) is 28.1 Å². The van der Waals surface area contributed by atoms with Crippen molar-refractivity contribution in [3.63, 3.8) is 0 Å². The van der Waals surface area contributed by atoms with Gasteiger partial charge in [-0.05, 0) is 37.0 Å². The average molecular weight is 312 g/mol. The molecule has 4 heteroatoms. The van der Waals surface area contributed by atoms with Gasteiger partial charge in [-0.25, -0.2) is 0 Å². The average Bonchev–Trinajstić information content (AvgIpc) is 2.94. The van der Waals surface area contributed by atoms with Gasteiger partial charge in [0.15, 0.2) is 0 Å². The third-order valence-corrected chi connectivity index (χ3v) is 4.18. The second-order valence-electron chi connectivity index (χ2n) is 5.16. The number of rotatable bonds is 3. The van der Waals surface area contributed by atoms with Gasteiger partial charge < -0.3 is 15.2 Å². The van der Waals surface area contributed by atoms with E-state index < -0.39 is 0 Å². The molecule has 2 N–H and O–H groups in total. The Bertz CT molecular complexity index is 450. The molecule has 0 amide bonds. The number of fused-ring (bicyclic) bond motifs is 1. The van der Waals surface area contributed by atoms with E-state index in [-0.39, 0.29) is 0 Å². The van der Waals surface area contributed by atoms with Crippen LogP contribution in [0.1, 0.15) is 30.4 Å². The van der Waals surface area contributed by atoms with Crippen molar-refractivity contribution in [1.29, 1.82) is 0 Å². The van der Waals surface area contributed by atoms with Crippen LogP contribution in [0.25, 0.3) is 0 Å². The molecule has 2 atom stereocenters. The minimum absolute atomic E-state index is 0.316. The van der Waals surface area contributed by atoms with Gasteiger partial charge in [-0.2, -0.15) is 0 Å². The predicted octanol–water partition coefficient (Wildman–Crippen LogP) is 2.78. The first-order chi connectivity index (χ1) is 8.72. The standard InChI is InChI=1S/C14H18BrNO2/c15-11-5-9-3-4-17-14(9)10(6-11)8-18-13-2-1-12(16)7-13/h5-6,12-13H,1-4,7-8,16H2. The van der Waals surface area contributed by atoms with Crippen LogP contribution in [0.3, 0.4) is 0 Å². The highest BCUT2D eigenvalue weighted by Crippen LogP contribution is 2.34. The van der Waals surface area contributed by atoms with Crippen LogP contribution in [0, 0.1) is 0 Å². The first-order valence-electron chi connectivity index (χ1n) is 6.53. The van der Waals surface area contributed by atoms with Gasteiger partial charge in [-0.3, -0.25) is 0 Å². The van der Waals surface area contributed by atoms with E-state index in [1.54, 1.807) is 0 Å². The number of ether oxygens (including phenoxy) is 2. The summed E-state index contributed by atoms with van der Waals surface area (Å²) in [5, 5.41) is 0. The Kier molecular flexibility index (Phi) is 3.59. The Morgan fingerprint density at radius 3 is 3.06 bits per heavy atom. The van der Waals surface area contributed by atoms with Crippen molar-refractivity contribution >= 4 is 15.9 Å². The number of nitrogens with two attached hydrogens (primary N) is 1. The summed E-state index contributed by atoms with van der Waals surface area (Å²) in [4.78, 5) is 0. The van der Waals surface area contributed by atoms with E-state index in [0.717, 1.165) is 48.1 Å². The third kappa shape index (κ3) is 2.56. The monoisotopic (exact) mass is 311 g/mol. The minimum atomic E-state index is 0.316. The van der Waals surface area contributed by atoms with Gasteiger partial charge in [0.05, 0.1) is 19.3 Å². The molecule has 3 nitrogen and oxygen atoms in total. The first-order valence-corrected chi connectivity index (χ1v) is 7.33. The van der Waals surface area contributed by atoms with Crippen molar-refractivity contribution < 1.29 is 9.47 Å². The van der Waals surface area contributed by atoms with Crippen LogP contribution in [0.2, 0.25) is 0 Å². The molecule has 1 saturated carbocycles. The molecule has 1 aliphatic heterocycles. The Hall–Kier alpha value is -0.580. The molecule has 1 aromatic carbocycles. The second kappa shape index (κ2) is 5.19. The van der Waals surface area contributed by atoms with Crippen LogP contribution in [-0.2, 0) is 17.8 Å². The van der Waals surface area contributed by atoms with E-state index >= 15 is 0 Å². The molecule has 18 heavy (non-hydrogen) atoms. The lowest BCUT2D eigenvalue weighted by Gasteiger charge is -2.14. The van der Waals surface area contributed by atoms with Crippen LogP contribution in [0.15, 0.2) is 16.6 Å². The molecule has 2 unspecified atom stereocenters. The lowest BCUT2D eigenvalue weighted by molar-refractivity contribution is 0.0437. The van der Waals surface area contributed by atoms with Gasteiger partial charge >= 0.3 is 0 Å². The molecule has 3 rings (SSSR count). The zero-order valence-electron chi connectivity index (χ0n) is 10.3. The fraction of sp³-hybridized carbons (Fsp3) is 0.571. The first kappa shape index (κ1) is 12.5. The molecule has 1 aliphatic carbocycles. The summed E-state index contributed by atoms with van der Waals surface area (Å²) in [5.74, 6) is 1.03. The smallest absolute Gasteiger partial charge is 0.128 e. The molecule has 0 bridgehead atoms. The fourth-order valence-electron chi connectivity index (χ4n) is 2.79. The highest BCUT2D eigenvalue weighted by atomic mass is 79.9. The summed E-state index contributed by atoms with van der Waals surface area (Å²) in [7, 11) is 0. The maximum absolute atomic E-state index is 5.96. The third-order valence-electron chi connectivity index (χ3n) is 3.72. The molecule has 1 aromatic rings. The number of hydrogen-bond acceptors (Lipinski definition) is 3. The van der Waals surface area contributed by atoms with Gasteiger partial charge in [0.1, 0.15) is 5.75 Å². The van der Waals surface area contributed by atoms with Gasteiger partial charge in [0.25, 0.3) is 0 Å².